The Kier molecular flexibility index (Phi) is 6.01. The van der Waals surface area contributed by atoms with Gasteiger partial charge in [0.2, 0.25) is 0 Å². The normalized spacial score (nSPS) is 11.6. The maximum absolute atomic E-state index is 12.9. The summed E-state index contributed by atoms with van der Waals surface area (Å²) in [6.45, 7) is 4.12. The minimum Gasteiger partial charge on any atom is -0.348 e. The molecular formula is C18H20FN3O2. The third-order valence-corrected chi connectivity index (χ3v) is 3.57. The lowest BCUT2D eigenvalue weighted by Gasteiger charge is -2.11. The number of benzene rings is 1. The topological polar surface area (TPSA) is 71.1 Å². The Morgan fingerprint density at radius 3 is 2.33 bits per heavy atom. The second-order valence-electron chi connectivity index (χ2n) is 5.50. The molecule has 0 aliphatic rings. The van der Waals surface area contributed by atoms with Gasteiger partial charge in [0.25, 0.3) is 11.8 Å². The molecule has 5 nitrogen and oxygen atoms in total. The molecular weight excluding hydrogens is 309 g/mol. The summed E-state index contributed by atoms with van der Waals surface area (Å²) in [4.78, 5) is 28.3. The number of halogens is 1. The molecule has 2 N–H and O–H groups in total. The van der Waals surface area contributed by atoms with Crippen LogP contribution in [0.2, 0.25) is 0 Å². The number of nitrogens with one attached hydrogen (secondary N) is 2. The van der Waals surface area contributed by atoms with Gasteiger partial charge in [-0.3, -0.25) is 9.59 Å². The summed E-state index contributed by atoms with van der Waals surface area (Å²) < 4.78 is 12.9. The van der Waals surface area contributed by atoms with Gasteiger partial charge in [0.1, 0.15) is 17.2 Å². The monoisotopic (exact) mass is 329 g/mol. The Balaban J connectivity index is 2.00. The first-order chi connectivity index (χ1) is 11.5. The number of aromatic nitrogens is 1. The van der Waals surface area contributed by atoms with Gasteiger partial charge in [0.15, 0.2) is 0 Å². The van der Waals surface area contributed by atoms with Crippen LogP contribution >= 0.6 is 0 Å². The van der Waals surface area contributed by atoms with Crippen molar-refractivity contribution in [2.75, 3.05) is 0 Å². The molecule has 2 aromatic rings. The van der Waals surface area contributed by atoms with Crippen molar-refractivity contribution in [2.24, 2.45) is 0 Å². The largest absolute Gasteiger partial charge is 0.348 e. The highest BCUT2D eigenvalue weighted by Gasteiger charge is 2.13. The number of carbonyl (C=O) groups excluding carboxylic acids is 2. The van der Waals surface area contributed by atoms with Gasteiger partial charge in [-0.25, -0.2) is 9.37 Å². The average Bonchev–Trinajstić information content (AvgIpc) is 2.60. The summed E-state index contributed by atoms with van der Waals surface area (Å²) in [5.74, 6) is -1.03. The van der Waals surface area contributed by atoms with Gasteiger partial charge in [-0.05, 0) is 43.2 Å². The smallest absolute Gasteiger partial charge is 0.270 e. The Labute approximate surface area is 140 Å². The Morgan fingerprint density at radius 1 is 1.08 bits per heavy atom. The molecule has 1 aromatic carbocycles. The summed E-state index contributed by atoms with van der Waals surface area (Å²) >= 11 is 0. The second kappa shape index (κ2) is 8.19. The van der Waals surface area contributed by atoms with Gasteiger partial charge < -0.3 is 10.6 Å². The lowest BCUT2D eigenvalue weighted by molar-refractivity contribution is 0.0933. The van der Waals surface area contributed by atoms with Crippen LogP contribution in [0.25, 0.3) is 0 Å². The zero-order chi connectivity index (χ0) is 17.5. The van der Waals surface area contributed by atoms with E-state index in [4.69, 9.17) is 0 Å². The van der Waals surface area contributed by atoms with E-state index in [1.54, 1.807) is 30.3 Å². The highest BCUT2D eigenvalue weighted by Crippen LogP contribution is 2.04. The van der Waals surface area contributed by atoms with Crippen LogP contribution in [-0.4, -0.2) is 22.8 Å². The molecule has 0 saturated carbocycles. The predicted octanol–water partition coefficient (Wildman–Crippen LogP) is 2.68. The lowest BCUT2D eigenvalue weighted by atomic mass is 10.2. The molecule has 1 atom stereocenters. The third kappa shape index (κ3) is 4.87. The van der Waals surface area contributed by atoms with E-state index in [-0.39, 0.29) is 35.7 Å². The highest BCUT2D eigenvalue weighted by atomic mass is 19.1. The number of carbonyl (C=O) groups is 2. The quantitative estimate of drug-likeness (QED) is 0.856. The number of nitrogens with zero attached hydrogens (tertiary/aromatic N) is 1. The number of hydrogen-bond acceptors (Lipinski definition) is 3. The van der Waals surface area contributed by atoms with Crippen LogP contribution in [0, 0.1) is 5.82 Å². The SMILES string of the molecule is CCC(C)NC(=O)c1cccc(C(=O)NCc2ccc(F)cc2)n1. The molecule has 0 bridgehead atoms. The van der Waals surface area contributed by atoms with Crippen molar-refractivity contribution < 1.29 is 14.0 Å². The molecule has 0 spiro atoms. The number of amides is 2. The van der Waals surface area contributed by atoms with E-state index in [0.717, 1.165) is 12.0 Å². The molecule has 2 amide bonds. The first-order valence-corrected chi connectivity index (χ1v) is 7.80. The molecule has 0 aliphatic carbocycles. The minimum absolute atomic E-state index is 0.0373. The van der Waals surface area contributed by atoms with Crippen LogP contribution in [0.15, 0.2) is 42.5 Å². The summed E-state index contributed by atoms with van der Waals surface area (Å²) in [7, 11) is 0. The molecule has 24 heavy (non-hydrogen) atoms. The van der Waals surface area contributed by atoms with Crippen LogP contribution in [0.3, 0.4) is 0 Å². The van der Waals surface area contributed by atoms with Crippen molar-refractivity contribution in [3.8, 4) is 0 Å². The van der Waals surface area contributed by atoms with E-state index in [2.05, 4.69) is 15.6 Å². The van der Waals surface area contributed by atoms with E-state index in [1.807, 2.05) is 13.8 Å². The third-order valence-electron chi connectivity index (χ3n) is 3.57. The molecule has 2 rings (SSSR count). The van der Waals surface area contributed by atoms with Crippen molar-refractivity contribution in [3.05, 3.63) is 65.2 Å². The summed E-state index contributed by atoms with van der Waals surface area (Å²) in [5, 5.41) is 5.50. The fourth-order valence-corrected chi connectivity index (χ4v) is 1.96. The Bertz CT molecular complexity index is 716. The van der Waals surface area contributed by atoms with Crippen molar-refractivity contribution in [2.45, 2.75) is 32.9 Å². The fourth-order valence-electron chi connectivity index (χ4n) is 1.96. The molecule has 0 saturated heterocycles. The average molecular weight is 329 g/mol. The molecule has 6 heteroatoms. The van der Waals surface area contributed by atoms with E-state index in [9.17, 15) is 14.0 Å². The Morgan fingerprint density at radius 2 is 1.71 bits per heavy atom. The van der Waals surface area contributed by atoms with Crippen molar-refractivity contribution in [1.29, 1.82) is 0 Å². The van der Waals surface area contributed by atoms with Gasteiger partial charge in [0, 0.05) is 12.6 Å². The summed E-state index contributed by atoms with van der Waals surface area (Å²) in [6, 6.07) is 10.6. The zero-order valence-electron chi connectivity index (χ0n) is 13.7. The molecule has 126 valence electrons. The van der Waals surface area contributed by atoms with Gasteiger partial charge >= 0.3 is 0 Å². The molecule has 0 aliphatic heterocycles. The van der Waals surface area contributed by atoms with Crippen LogP contribution in [0.5, 0.6) is 0 Å². The molecule has 1 heterocycles. The molecule has 1 aromatic heterocycles. The van der Waals surface area contributed by atoms with Crippen molar-refractivity contribution in [3.63, 3.8) is 0 Å². The van der Waals surface area contributed by atoms with E-state index in [1.165, 1.54) is 12.1 Å². The van der Waals surface area contributed by atoms with Crippen molar-refractivity contribution >= 4 is 11.8 Å². The van der Waals surface area contributed by atoms with Crippen LogP contribution in [-0.2, 0) is 6.54 Å². The first kappa shape index (κ1) is 17.6. The fraction of sp³-hybridized carbons (Fsp3) is 0.278. The number of rotatable bonds is 6. The van der Waals surface area contributed by atoms with Gasteiger partial charge in [0.05, 0.1) is 0 Å². The second-order valence-corrected chi connectivity index (χ2v) is 5.50. The van der Waals surface area contributed by atoms with Crippen molar-refractivity contribution in [1.82, 2.24) is 15.6 Å². The van der Waals surface area contributed by atoms with Crippen LogP contribution in [0.1, 0.15) is 46.8 Å². The summed E-state index contributed by atoms with van der Waals surface area (Å²) in [6.07, 6.45) is 0.809. The van der Waals surface area contributed by atoms with Gasteiger partial charge in [-0.1, -0.05) is 25.1 Å². The Hall–Kier alpha value is -2.76. The van der Waals surface area contributed by atoms with E-state index < -0.39 is 5.91 Å². The number of pyridine rings is 1. The number of hydrogen-bond donors (Lipinski definition) is 2. The molecule has 0 fully saturated rings. The summed E-state index contributed by atoms with van der Waals surface area (Å²) in [5.41, 5.74) is 1.13. The van der Waals surface area contributed by atoms with E-state index in [0.29, 0.717) is 0 Å². The highest BCUT2D eigenvalue weighted by molar-refractivity contribution is 5.96. The first-order valence-electron chi connectivity index (χ1n) is 7.80. The lowest BCUT2D eigenvalue weighted by Crippen LogP contribution is -2.33. The van der Waals surface area contributed by atoms with E-state index >= 15 is 0 Å². The maximum Gasteiger partial charge on any atom is 0.270 e. The minimum atomic E-state index is -0.391. The zero-order valence-corrected chi connectivity index (χ0v) is 13.7. The van der Waals surface area contributed by atoms with Gasteiger partial charge in [-0.2, -0.15) is 0 Å². The predicted molar refractivity (Wildman–Crippen MR) is 89.0 cm³/mol. The standard InChI is InChI=1S/C18H20FN3O2/c1-3-12(2)21-18(24)16-6-4-5-15(22-16)17(23)20-11-13-7-9-14(19)10-8-13/h4-10,12H,3,11H2,1-2H3,(H,20,23)(H,21,24). The maximum atomic E-state index is 12.9. The van der Waals surface area contributed by atoms with Crippen LogP contribution < -0.4 is 10.6 Å². The van der Waals surface area contributed by atoms with Gasteiger partial charge in [-0.15, -0.1) is 0 Å². The van der Waals surface area contributed by atoms with Crippen LogP contribution in [0.4, 0.5) is 4.39 Å². The molecule has 0 radical (unpaired) electrons. The molecule has 1 unspecified atom stereocenters.